The van der Waals surface area contributed by atoms with Crippen molar-refractivity contribution in [2.75, 3.05) is 32.2 Å². The fourth-order valence-electron chi connectivity index (χ4n) is 6.46. The van der Waals surface area contributed by atoms with Crippen LogP contribution in [-0.4, -0.2) is 71.4 Å². The zero-order valence-corrected chi connectivity index (χ0v) is 27.0. The number of ether oxygens (including phenoxy) is 3. The molecule has 3 aromatic rings. The Bertz CT molecular complexity index is 1530. The van der Waals surface area contributed by atoms with Crippen LogP contribution >= 0.6 is 8.53 Å². The maximum Gasteiger partial charge on any atom is 0.351 e. The van der Waals surface area contributed by atoms with Crippen LogP contribution in [0, 0.1) is 6.92 Å². The van der Waals surface area contributed by atoms with Gasteiger partial charge in [0.1, 0.15) is 23.6 Å². The fourth-order valence-corrected chi connectivity index (χ4v) is 8.61. The van der Waals surface area contributed by atoms with Crippen molar-refractivity contribution in [1.29, 1.82) is 0 Å². The highest BCUT2D eigenvalue weighted by Gasteiger charge is 2.57. The predicted octanol–water partition coefficient (Wildman–Crippen LogP) is 5.17. The molecule has 2 aromatic carbocycles. The monoisotopic (exact) mass is 636 g/mol. The van der Waals surface area contributed by atoms with Crippen LogP contribution in [0.5, 0.6) is 0 Å². The summed E-state index contributed by atoms with van der Waals surface area (Å²) in [5.41, 5.74) is 1.14. The number of carbonyl (C=O) groups is 1. The summed E-state index contributed by atoms with van der Waals surface area (Å²) < 4.78 is 35.6. The molecule has 3 saturated heterocycles. The van der Waals surface area contributed by atoms with Crippen molar-refractivity contribution < 1.29 is 28.1 Å². The second-order valence-electron chi connectivity index (χ2n) is 11.8. The molecular weight excluding hydrogens is 595 g/mol. The molecule has 0 bridgehead atoms. The van der Waals surface area contributed by atoms with Crippen molar-refractivity contribution >= 4 is 20.3 Å². The molecule has 3 aliphatic rings. The summed E-state index contributed by atoms with van der Waals surface area (Å²) in [7, 11) is 0.180. The molecule has 1 aromatic heterocycles. The van der Waals surface area contributed by atoms with E-state index in [1.165, 1.54) is 4.57 Å². The highest BCUT2D eigenvalue weighted by Crippen LogP contribution is 2.64. The van der Waals surface area contributed by atoms with Crippen LogP contribution in [0.15, 0.2) is 71.7 Å². The number of benzene rings is 2. The minimum atomic E-state index is -1.43. The van der Waals surface area contributed by atoms with Crippen molar-refractivity contribution in [2.45, 2.75) is 76.2 Å². The third kappa shape index (κ3) is 6.36. The van der Waals surface area contributed by atoms with Gasteiger partial charge in [0.15, 0.2) is 6.23 Å². The van der Waals surface area contributed by atoms with Gasteiger partial charge in [0.05, 0.1) is 25.4 Å². The average molecular weight is 637 g/mol. The van der Waals surface area contributed by atoms with Gasteiger partial charge in [0, 0.05) is 31.0 Å². The number of aromatic nitrogens is 2. The van der Waals surface area contributed by atoms with Crippen LogP contribution in [0.4, 0.5) is 5.82 Å². The molecule has 0 saturated carbocycles. The zero-order valence-electron chi connectivity index (χ0n) is 26.1. The molecule has 240 valence electrons. The number of rotatable bonds is 11. The standard InChI is InChI=1S/C33H41N4O7P/c1-5-25-27(43-45-37-18-12-17-26(37)33(3,44-45)24-15-10-7-11-16-24)28(41-20-19-40-4)31(42-25)36-21-22(2)29(35-32(36)39)34-30(38)23-13-8-6-9-14-23/h6-11,13-16,21,25-28,31H,5,12,17-20H2,1-4H3,(H,34,35,38,39)/t25-,26+,27+,28?,31-,33-,45+/m1/s1. The Morgan fingerprint density at radius 3 is 2.56 bits per heavy atom. The van der Waals surface area contributed by atoms with Gasteiger partial charge in [0.2, 0.25) is 0 Å². The van der Waals surface area contributed by atoms with E-state index >= 15 is 0 Å². The Labute approximate surface area is 264 Å². The van der Waals surface area contributed by atoms with Crippen molar-refractivity contribution in [1.82, 2.24) is 14.2 Å². The SMILES string of the molecule is CC[C@H]1O[C@@H](n2cc(C)c(NC(=O)c3ccccc3)nc2=O)C(OCCOC)[C@H]1O[P@@]1O[C@](C)(c2ccccc2)[C@@H]2CCCN21. The quantitative estimate of drug-likeness (QED) is 0.225. The van der Waals surface area contributed by atoms with Crippen molar-refractivity contribution in [2.24, 2.45) is 0 Å². The Kier molecular flexibility index (Phi) is 9.77. The van der Waals surface area contributed by atoms with Crippen molar-refractivity contribution in [3.63, 3.8) is 0 Å². The van der Waals surface area contributed by atoms with Gasteiger partial charge in [-0.15, -0.1) is 0 Å². The molecule has 0 aliphatic carbocycles. The van der Waals surface area contributed by atoms with Gasteiger partial charge in [-0.25, -0.2) is 9.46 Å². The number of fused-ring (bicyclic) bond motifs is 1. The van der Waals surface area contributed by atoms with E-state index in [1.807, 2.05) is 31.2 Å². The normalized spacial score (nSPS) is 29.6. The first kappa shape index (κ1) is 31.9. The molecule has 1 amide bonds. The van der Waals surface area contributed by atoms with Gasteiger partial charge in [-0.05, 0) is 50.8 Å². The zero-order chi connectivity index (χ0) is 31.6. The number of anilines is 1. The number of aryl methyl sites for hydroxylation is 1. The van der Waals surface area contributed by atoms with E-state index in [1.54, 1.807) is 44.5 Å². The molecule has 3 aliphatic heterocycles. The lowest BCUT2D eigenvalue weighted by atomic mass is 9.87. The minimum absolute atomic E-state index is 0.197. The Balaban J connectivity index is 1.27. The van der Waals surface area contributed by atoms with Gasteiger partial charge in [-0.3, -0.25) is 9.36 Å². The Morgan fingerprint density at radius 2 is 1.84 bits per heavy atom. The molecule has 0 radical (unpaired) electrons. The molecule has 1 N–H and O–H groups in total. The van der Waals surface area contributed by atoms with E-state index in [4.69, 9.17) is 23.3 Å². The van der Waals surface area contributed by atoms with Crippen LogP contribution < -0.4 is 11.0 Å². The number of hydrogen-bond acceptors (Lipinski definition) is 9. The Hall–Kier alpha value is -3.02. The van der Waals surface area contributed by atoms with Gasteiger partial charge in [-0.2, -0.15) is 4.98 Å². The molecule has 12 heteroatoms. The van der Waals surface area contributed by atoms with E-state index in [9.17, 15) is 9.59 Å². The lowest BCUT2D eigenvalue weighted by Crippen LogP contribution is -2.40. The average Bonchev–Trinajstić information content (AvgIpc) is 3.75. The first-order valence-electron chi connectivity index (χ1n) is 15.5. The summed E-state index contributed by atoms with van der Waals surface area (Å²) in [6.45, 7) is 7.52. The van der Waals surface area contributed by atoms with Crippen LogP contribution in [-0.2, 0) is 28.9 Å². The first-order chi connectivity index (χ1) is 21.8. The maximum absolute atomic E-state index is 13.5. The molecule has 7 atom stereocenters. The molecule has 45 heavy (non-hydrogen) atoms. The summed E-state index contributed by atoms with van der Waals surface area (Å²) in [5, 5.41) is 2.76. The van der Waals surface area contributed by atoms with E-state index in [-0.39, 0.29) is 30.5 Å². The lowest BCUT2D eigenvalue weighted by Gasteiger charge is -2.29. The van der Waals surface area contributed by atoms with E-state index in [2.05, 4.69) is 34.0 Å². The molecule has 3 fully saturated rings. The summed E-state index contributed by atoms with van der Waals surface area (Å²) in [4.78, 5) is 30.5. The van der Waals surface area contributed by atoms with Gasteiger partial charge >= 0.3 is 5.69 Å². The highest BCUT2D eigenvalue weighted by molar-refractivity contribution is 7.45. The predicted molar refractivity (Wildman–Crippen MR) is 170 cm³/mol. The molecule has 1 unspecified atom stereocenters. The molecule has 6 rings (SSSR count). The fraction of sp³-hybridized carbons (Fsp3) is 0.485. The van der Waals surface area contributed by atoms with Crippen LogP contribution in [0.2, 0.25) is 0 Å². The number of nitrogens with zero attached hydrogens (tertiary/aromatic N) is 3. The summed E-state index contributed by atoms with van der Waals surface area (Å²) in [5.74, 6) is -0.148. The molecule has 0 spiro atoms. The van der Waals surface area contributed by atoms with E-state index in [0.29, 0.717) is 24.2 Å². The van der Waals surface area contributed by atoms with Crippen LogP contribution in [0.3, 0.4) is 0 Å². The van der Waals surface area contributed by atoms with E-state index in [0.717, 1.165) is 24.9 Å². The largest absolute Gasteiger partial charge is 0.382 e. The summed E-state index contributed by atoms with van der Waals surface area (Å²) in [6.07, 6.45) is 2.08. The molecule has 4 heterocycles. The topological polar surface area (TPSA) is 113 Å². The number of nitrogens with one attached hydrogen (secondary N) is 1. The second kappa shape index (κ2) is 13.8. The number of methoxy groups -OCH3 is 1. The third-order valence-corrected chi connectivity index (χ3v) is 10.7. The second-order valence-corrected chi connectivity index (χ2v) is 13.2. The van der Waals surface area contributed by atoms with Gasteiger partial charge in [0.25, 0.3) is 14.4 Å². The lowest BCUT2D eigenvalue weighted by molar-refractivity contribution is -0.0783. The Morgan fingerprint density at radius 1 is 1.11 bits per heavy atom. The smallest absolute Gasteiger partial charge is 0.351 e. The van der Waals surface area contributed by atoms with Crippen molar-refractivity contribution in [3.8, 4) is 0 Å². The van der Waals surface area contributed by atoms with E-state index < -0.39 is 38.3 Å². The van der Waals surface area contributed by atoms with Gasteiger partial charge < -0.3 is 28.6 Å². The van der Waals surface area contributed by atoms with Gasteiger partial charge in [-0.1, -0.05) is 55.5 Å². The van der Waals surface area contributed by atoms with Crippen molar-refractivity contribution in [3.05, 3.63) is 94.0 Å². The molecule has 11 nitrogen and oxygen atoms in total. The summed E-state index contributed by atoms with van der Waals surface area (Å²) >= 11 is 0. The summed E-state index contributed by atoms with van der Waals surface area (Å²) in [6, 6.07) is 19.3. The number of carbonyl (C=O) groups excluding carboxylic acids is 1. The highest BCUT2D eigenvalue weighted by atomic mass is 31.2. The van der Waals surface area contributed by atoms with Crippen LogP contribution in [0.1, 0.15) is 60.8 Å². The number of hydrogen-bond donors (Lipinski definition) is 1. The van der Waals surface area contributed by atoms with Crippen LogP contribution in [0.25, 0.3) is 0 Å². The first-order valence-corrected chi connectivity index (χ1v) is 16.7. The maximum atomic E-state index is 13.5. The molecular formula is C33H41N4O7P. The third-order valence-electron chi connectivity index (χ3n) is 8.86. The minimum Gasteiger partial charge on any atom is -0.382 e. The number of amides is 1.